The molecule has 0 aliphatic carbocycles. The highest BCUT2D eigenvalue weighted by Crippen LogP contribution is 2.21. The van der Waals surface area contributed by atoms with Gasteiger partial charge in [0.2, 0.25) is 0 Å². The molecule has 0 fully saturated rings. The highest BCUT2D eigenvalue weighted by molar-refractivity contribution is 14.0. The summed E-state index contributed by atoms with van der Waals surface area (Å²) in [6.45, 7) is 1.43. The van der Waals surface area contributed by atoms with Crippen LogP contribution >= 0.6 is 51.5 Å². The van der Waals surface area contributed by atoms with Gasteiger partial charge in [0, 0.05) is 16.0 Å². The quantitative estimate of drug-likeness (QED) is 0.619. The van der Waals surface area contributed by atoms with Crippen LogP contribution in [0.15, 0.2) is 58.0 Å². The van der Waals surface area contributed by atoms with Gasteiger partial charge in [-0.1, -0.05) is 57.9 Å². The molecule has 6 heteroatoms. The van der Waals surface area contributed by atoms with Crippen molar-refractivity contribution in [2.45, 2.75) is 12.6 Å². The third kappa shape index (κ3) is 4.36. The van der Waals surface area contributed by atoms with E-state index in [0.29, 0.717) is 6.54 Å². The molecule has 0 saturated carbocycles. The first-order valence-electron chi connectivity index (χ1n) is 6.76. The van der Waals surface area contributed by atoms with Crippen molar-refractivity contribution < 1.29 is 0 Å². The summed E-state index contributed by atoms with van der Waals surface area (Å²) < 4.78 is 1.04. The molecule has 3 nitrogen and oxygen atoms in total. The summed E-state index contributed by atoms with van der Waals surface area (Å²) in [5.41, 5.74) is 2.36. The van der Waals surface area contributed by atoms with Crippen molar-refractivity contribution in [3.8, 4) is 0 Å². The minimum atomic E-state index is 0. The van der Waals surface area contributed by atoms with Gasteiger partial charge >= 0.3 is 0 Å². The first-order valence-corrected chi connectivity index (χ1v) is 7.93. The molecule has 2 N–H and O–H groups in total. The number of hydrogen-bond donors (Lipinski definition) is 2. The fraction of sp³-hybridized carbons (Fsp3) is 0.188. The molecule has 22 heavy (non-hydrogen) atoms. The van der Waals surface area contributed by atoms with Crippen LogP contribution in [-0.4, -0.2) is 12.5 Å². The summed E-state index contributed by atoms with van der Waals surface area (Å²) in [5, 5.41) is 7.45. The van der Waals surface area contributed by atoms with E-state index < -0.39 is 0 Å². The lowest BCUT2D eigenvalue weighted by molar-refractivity contribution is 0.697. The SMILES string of the molecule is Clc1ccc(Br)c(CNC2=NCC(c3ccccc3)N2)c1.I. The van der Waals surface area contributed by atoms with Gasteiger partial charge in [0.05, 0.1) is 12.6 Å². The molecule has 116 valence electrons. The lowest BCUT2D eigenvalue weighted by atomic mass is 10.1. The molecule has 1 aliphatic rings. The van der Waals surface area contributed by atoms with Crippen LogP contribution in [0.2, 0.25) is 5.02 Å². The lowest BCUT2D eigenvalue weighted by Gasteiger charge is -2.13. The Kier molecular flexibility index (Phi) is 6.52. The van der Waals surface area contributed by atoms with Crippen LogP contribution in [0.4, 0.5) is 0 Å². The van der Waals surface area contributed by atoms with Crippen LogP contribution in [0, 0.1) is 0 Å². The van der Waals surface area contributed by atoms with Crippen molar-refractivity contribution in [3.63, 3.8) is 0 Å². The Morgan fingerprint density at radius 1 is 1.23 bits per heavy atom. The molecular formula is C16H16BrClIN3. The van der Waals surface area contributed by atoms with E-state index in [2.05, 4.69) is 43.7 Å². The van der Waals surface area contributed by atoms with Gasteiger partial charge in [-0.15, -0.1) is 24.0 Å². The highest BCUT2D eigenvalue weighted by Gasteiger charge is 2.18. The van der Waals surface area contributed by atoms with Crippen molar-refractivity contribution in [3.05, 3.63) is 69.2 Å². The fourth-order valence-electron chi connectivity index (χ4n) is 2.28. The Labute approximate surface area is 160 Å². The van der Waals surface area contributed by atoms with E-state index in [9.17, 15) is 0 Å². The maximum absolute atomic E-state index is 6.02. The first-order chi connectivity index (χ1) is 10.2. The summed E-state index contributed by atoms with van der Waals surface area (Å²) in [6, 6.07) is 16.4. The second-order valence-corrected chi connectivity index (χ2v) is 6.18. The Balaban J connectivity index is 0.00000176. The molecule has 1 aliphatic heterocycles. The molecule has 0 spiro atoms. The predicted octanol–water partition coefficient (Wildman–Crippen LogP) is 4.51. The van der Waals surface area contributed by atoms with E-state index in [-0.39, 0.29) is 30.0 Å². The third-order valence-electron chi connectivity index (χ3n) is 3.40. The number of hydrogen-bond acceptors (Lipinski definition) is 3. The van der Waals surface area contributed by atoms with E-state index in [1.807, 2.05) is 36.4 Å². The van der Waals surface area contributed by atoms with Crippen molar-refractivity contribution in [1.29, 1.82) is 0 Å². The maximum atomic E-state index is 6.02. The van der Waals surface area contributed by atoms with Crippen LogP contribution in [0.25, 0.3) is 0 Å². The predicted molar refractivity (Wildman–Crippen MR) is 106 cm³/mol. The zero-order valence-corrected chi connectivity index (χ0v) is 16.4. The number of halogens is 3. The minimum Gasteiger partial charge on any atom is -0.352 e. The first kappa shape index (κ1) is 17.6. The van der Waals surface area contributed by atoms with Gasteiger partial charge in [-0.25, -0.2) is 0 Å². The van der Waals surface area contributed by atoms with Gasteiger partial charge < -0.3 is 10.6 Å². The Bertz CT molecular complexity index is 664. The molecule has 2 aromatic rings. The number of benzene rings is 2. The molecule has 3 rings (SSSR count). The largest absolute Gasteiger partial charge is 0.352 e. The van der Waals surface area contributed by atoms with Crippen LogP contribution in [0.5, 0.6) is 0 Å². The van der Waals surface area contributed by atoms with E-state index in [4.69, 9.17) is 11.6 Å². The molecule has 1 unspecified atom stereocenters. The molecule has 1 heterocycles. The van der Waals surface area contributed by atoms with E-state index >= 15 is 0 Å². The molecule has 1 atom stereocenters. The second-order valence-electron chi connectivity index (χ2n) is 4.89. The van der Waals surface area contributed by atoms with Crippen molar-refractivity contribution in [2.24, 2.45) is 4.99 Å². The molecule has 0 aromatic heterocycles. The van der Waals surface area contributed by atoms with Gasteiger partial charge in [0.15, 0.2) is 5.96 Å². The van der Waals surface area contributed by atoms with Crippen LogP contribution in [0.1, 0.15) is 17.2 Å². The van der Waals surface area contributed by atoms with Crippen molar-refractivity contribution >= 4 is 57.5 Å². The van der Waals surface area contributed by atoms with Gasteiger partial charge in [-0.3, -0.25) is 4.99 Å². The minimum absolute atomic E-state index is 0. The number of aliphatic imine (C=N–C) groups is 1. The van der Waals surface area contributed by atoms with Crippen LogP contribution in [0.3, 0.4) is 0 Å². The number of nitrogens with one attached hydrogen (secondary N) is 2. The topological polar surface area (TPSA) is 36.4 Å². The summed E-state index contributed by atoms with van der Waals surface area (Å²) in [6.07, 6.45) is 0. The number of guanidine groups is 1. The van der Waals surface area contributed by atoms with Crippen LogP contribution < -0.4 is 10.6 Å². The second kappa shape index (κ2) is 8.17. The molecule has 2 aromatic carbocycles. The molecule has 0 saturated heterocycles. The smallest absolute Gasteiger partial charge is 0.192 e. The van der Waals surface area contributed by atoms with E-state index in [1.54, 1.807) is 0 Å². The van der Waals surface area contributed by atoms with Gasteiger partial charge in [0.25, 0.3) is 0 Å². The summed E-state index contributed by atoms with van der Waals surface area (Å²) in [5.74, 6) is 0.829. The summed E-state index contributed by atoms with van der Waals surface area (Å²) in [4.78, 5) is 4.51. The Hall–Kier alpha value is -0.790. The monoisotopic (exact) mass is 491 g/mol. The standard InChI is InChI=1S/C16H15BrClN3.HI/c17-14-7-6-13(18)8-12(14)9-19-16-20-10-15(21-16)11-4-2-1-3-5-11;/h1-8,15H,9-10H2,(H2,19,20,21);1H. The molecule has 0 amide bonds. The van der Waals surface area contributed by atoms with Gasteiger partial charge in [-0.05, 0) is 29.3 Å². The third-order valence-corrected chi connectivity index (χ3v) is 4.41. The van der Waals surface area contributed by atoms with Gasteiger partial charge in [-0.2, -0.15) is 0 Å². The molecule has 0 radical (unpaired) electrons. The average molecular weight is 493 g/mol. The van der Waals surface area contributed by atoms with E-state index in [0.717, 1.165) is 27.6 Å². The van der Waals surface area contributed by atoms with Crippen molar-refractivity contribution in [2.75, 3.05) is 6.54 Å². The Morgan fingerprint density at radius 3 is 2.77 bits per heavy atom. The number of nitrogens with zero attached hydrogens (tertiary/aromatic N) is 1. The summed E-state index contributed by atoms with van der Waals surface area (Å²) >= 11 is 9.55. The van der Waals surface area contributed by atoms with Crippen molar-refractivity contribution in [1.82, 2.24) is 10.6 Å². The fourth-order valence-corrected chi connectivity index (χ4v) is 2.86. The van der Waals surface area contributed by atoms with Crippen LogP contribution in [-0.2, 0) is 6.54 Å². The molecular weight excluding hydrogens is 476 g/mol. The highest BCUT2D eigenvalue weighted by atomic mass is 127. The zero-order chi connectivity index (χ0) is 14.7. The van der Waals surface area contributed by atoms with Gasteiger partial charge in [0.1, 0.15) is 0 Å². The number of rotatable bonds is 3. The lowest BCUT2D eigenvalue weighted by Crippen LogP contribution is -2.34. The maximum Gasteiger partial charge on any atom is 0.192 e. The normalized spacial score (nSPS) is 16.5. The average Bonchev–Trinajstić information content (AvgIpc) is 2.98. The van der Waals surface area contributed by atoms with E-state index in [1.165, 1.54) is 5.56 Å². The zero-order valence-electron chi connectivity index (χ0n) is 11.7. The molecule has 0 bridgehead atoms. The Morgan fingerprint density at radius 2 is 2.00 bits per heavy atom. The summed E-state index contributed by atoms with van der Waals surface area (Å²) in [7, 11) is 0.